The first-order chi connectivity index (χ1) is 9.85. The molecule has 1 saturated carbocycles. The molecule has 20 heavy (non-hydrogen) atoms. The minimum atomic E-state index is 0.446. The summed E-state index contributed by atoms with van der Waals surface area (Å²) >= 11 is 3.70. The van der Waals surface area contributed by atoms with Crippen LogP contribution in [0.2, 0.25) is 0 Å². The van der Waals surface area contributed by atoms with E-state index in [0.29, 0.717) is 18.2 Å². The number of ether oxygens (including phenoxy) is 1. The van der Waals surface area contributed by atoms with Crippen molar-refractivity contribution in [3.63, 3.8) is 0 Å². The maximum absolute atomic E-state index is 5.65. The molecule has 1 N–H and O–H groups in total. The van der Waals surface area contributed by atoms with Crippen LogP contribution in [0.25, 0.3) is 0 Å². The third kappa shape index (κ3) is 3.50. The third-order valence-corrected chi connectivity index (χ3v) is 5.69. The molecule has 0 aromatic carbocycles. The molecule has 1 unspecified atom stereocenters. The highest BCUT2D eigenvalue weighted by molar-refractivity contribution is 7.10. The molecule has 2 aromatic heterocycles. The van der Waals surface area contributed by atoms with Gasteiger partial charge in [-0.05, 0) is 42.7 Å². The van der Waals surface area contributed by atoms with Crippen LogP contribution in [0.15, 0.2) is 35.0 Å². The van der Waals surface area contributed by atoms with Crippen LogP contribution in [0.1, 0.15) is 35.6 Å². The Morgan fingerprint density at radius 1 is 1.25 bits per heavy atom. The van der Waals surface area contributed by atoms with Crippen molar-refractivity contribution in [1.82, 2.24) is 5.32 Å². The van der Waals surface area contributed by atoms with Gasteiger partial charge < -0.3 is 10.1 Å². The van der Waals surface area contributed by atoms with Gasteiger partial charge in [-0.15, -0.1) is 22.7 Å². The maximum Gasteiger partial charge on any atom is 0.0604 e. The Labute approximate surface area is 128 Å². The van der Waals surface area contributed by atoms with Crippen molar-refractivity contribution in [3.8, 4) is 0 Å². The van der Waals surface area contributed by atoms with Gasteiger partial charge in [0, 0.05) is 34.9 Å². The molecule has 2 heterocycles. The summed E-state index contributed by atoms with van der Waals surface area (Å²) in [6, 6.07) is 9.82. The van der Waals surface area contributed by atoms with Gasteiger partial charge in [-0.1, -0.05) is 12.1 Å². The molecule has 1 atom stereocenters. The predicted octanol–water partition coefficient (Wildman–Crippen LogP) is 4.25. The third-order valence-electron chi connectivity index (χ3n) is 3.81. The molecule has 3 rings (SSSR count). The highest BCUT2D eigenvalue weighted by Crippen LogP contribution is 2.30. The Morgan fingerprint density at radius 3 is 2.70 bits per heavy atom. The fraction of sp³-hybridized carbons (Fsp3) is 0.500. The minimum absolute atomic E-state index is 0.446. The van der Waals surface area contributed by atoms with E-state index in [2.05, 4.69) is 47.3 Å². The van der Waals surface area contributed by atoms with Crippen LogP contribution in [-0.2, 0) is 11.2 Å². The fourth-order valence-electron chi connectivity index (χ4n) is 2.72. The second kappa shape index (κ2) is 6.85. The summed E-state index contributed by atoms with van der Waals surface area (Å²) in [6.45, 7) is 2.91. The standard InChI is InChI=1S/C16H21NOS2/c1-2-18-13-9-12(10-13)17-15(16-6-4-8-20-16)11-14-5-3-7-19-14/h3-8,12-13,15,17H,2,9-11H2,1H3. The van der Waals surface area contributed by atoms with Crippen molar-refractivity contribution >= 4 is 22.7 Å². The van der Waals surface area contributed by atoms with E-state index in [1.165, 1.54) is 9.75 Å². The van der Waals surface area contributed by atoms with Crippen LogP contribution in [0.5, 0.6) is 0 Å². The molecule has 2 nitrogen and oxygen atoms in total. The molecule has 108 valence electrons. The molecule has 4 heteroatoms. The Balaban J connectivity index is 1.59. The van der Waals surface area contributed by atoms with Gasteiger partial charge in [0.25, 0.3) is 0 Å². The van der Waals surface area contributed by atoms with Crippen molar-refractivity contribution in [2.24, 2.45) is 0 Å². The lowest BCUT2D eigenvalue weighted by Gasteiger charge is -2.38. The SMILES string of the molecule is CCOC1CC(NC(Cc2cccs2)c2cccs2)C1. The Hall–Kier alpha value is -0.680. The smallest absolute Gasteiger partial charge is 0.0604 e. The van der Waals surface area contributed by atoms with E-state index in [1.54, 1.807) is 0 Å². The maximum atomic E-state index is 5.65. The van der Waals surface area contributed by atoms with E-state index in [-0.39, 0.29) is 0 Å². The summed E-state index contributed by atoms with van der Waals surface area (Å²) in [5, 5.41) is 8.15. The summed E-state index contributed by atoms with van der Waals surface area (Å²) in [6.07, 6.45) is 3.87. The fourth-order valence-corrected chi connectivity index (χ4v) is 4.26. The number of thiophene rings is 2. The molecular weight excluding hydrogens is 286 g/mol. The quantitative estimate of drug-likeness (QED) is 0.825. The van der Waals surface area contributed by atoms with Crippen LogP contribution in [0.4, 0.5) is 0 Å². The zero-order chi connectivity index (χ0) is 13.8. The lowest BCUT2D eigenvalue weighted by molar-refractivity contribution is -0.0123. The number of hydrogen-bond donors (Lipinski definition) is 1. The highest BCUT2D eigenvalue weighted by atomic mass is 32.1. The Kier molecular flexibility index (Phi) is 4.89. The second-order valence-electron chi connectivity index (χ2n) is 5.26. The second-order valence-corrected chi connectivity index (χ2v) is 7.28. The van der Waals surface area contributed by atoms with Crippen LogP contribution in [0, 0.1) is 0 Å². The zero-order valence-electron chi connectivity index (χ0n) is 11.7. The number of hydrogen-bond acceptors (Lipinski definition) is 4. The zero-order valence-corrected chi connectivity index (χ0v) is 13.4. The van der Waals surface area contributed by atoms with Gasteiger partial charge in [-0.3, -0.25) is 0 Å². The lowest BCUT2D eigenvalue weighted by Crippen LogP contribution is -2.47. The van der Waals surface area contributed by atoms with Crippen molar-refractivity contribution in [3.05, 3.63) is 44.8 Å². The molecule has 1 fully saturated rings. The van der Waals surface area contributed by atoms with Gasteiger partial charge in [0.2, 0.25) is 0 Å². The van der Waals surface area contributed by atoms with E-state index < -0.39 is 0 Å². The summed E-state index contributed by atoms with van der Waals surface area (Å²) in [4.78, 5) is 2.90. The first-order valence-electron chi connectivity index (χ1n) is 7.28. The topological polar surface area (TPSA) is 21.3 Å². The molecular formula is C16H21NOS2. The Morgan fingerprint density at radius 2 is 2.05 bits per heavy atom. The number of nitrogens with one attached hydrogen (secondary N) is 1. The van der Waals surface area contributed by atoms with Crippen molar-refractivity contribution < 1.29 is 4.74 Å². The highest BCUT2D eigenvalue weighted by Gasteiger charge is 2.31. The van der Waals surface area contributed by atoms with Crippen LogP contribution < -0.4 is 5.32 Å². The average Bonchev–Trinajstić information content (AvgIpc) is 3.08. The normalized spacial score (nSPS) is 23.4. The summed E-state index contributed by atoms with van der Waals surface area (Å²) in [7, 11) is 0. The average molecular weight is 307 g/mol. The van der Waals surface area contributed by atoms with E-state index in [9.17, 15) is 0 Å². The van der Waals surface area contributed by atoms with E-state index in [4.69, 9.17) is 4.74 Å². The van der Waals surface area contributed by atoms with E-state index in [1.807, 2.05) is 22.7 Å². The lowest BCUT2D eigenvalue weighted by atomic mass is 9.88. The van der Waals surface area contributed by atoms with Gasteiger partial charge in [-0.25, -0.2) is 0 Å². The molecule has 0 amide bonds. The molecule has 0 aliphatic heterocycles. The van der Waals surface area contributed by atoms with Crippen molar-refractivity contribution in [1.29, 1.82) is 0 Å². The van der Waals surface area contributed by atoms with Gasteiger partial charge >= 0.3 is 0 Å². The summed E-state index contributed by atoms with van der Waals surface area (Å²) in [5.41, 5.74) is 0. The van der Waals surface area contributed by atoms with Gasteiger partial charge in [0.1, 0.15) is 0 Å². The molecule has 1 aliphatic rings. The largest absolute Gasteiger partial charge is 0.378 e. The summed E-state index contributed by atoms with van der Waals surface area (Å²) < 4.78 is 5.65. The first kappa shape index (κ1) is 14.3. The van der Waals surface area contributed by atoms with E-state index in [0.717, 1.165) is 25.9 Å². The molecule has 0 bridgehead atoms. The van der Waals surface area contributed by atoms with E-state index >= 15 is 0 Å². The van der Waals surface area contributed by atoms with Crippen LogP contribution >= 0.6 is 22.7 Å². The predicted molar refractivity (Wildman–Crippen MR) is 86.7 cm³/mol. The first-order valence-corrected chi connectivity index (χ1v) is 9.04. The molecule has 0 spiro atoms. The summed E-state index contributed by atoms with van der Waals surface area (Å²) in [5.74, 6) is 0. The molecule has 0 saturated heterocycles. The van der Waals surface area contributed by atoms with Crippen LogP contribution in [0.3, 0.4) is 0 Å². The van der Waals surface area contributed by atoms with Crippen molar-refractivity contribution in [2.45, 2.75) is 44.4 Å². The van der Waals surface area contributed by atoms with Gasteiger partial charge in [-0.2, -0.15) is 0 Å². The Bertz CT molecular complexity index is 489. The van der Waals surface area contributed by atoms with Crippen molar-refractivity contribution in [2.75, 3.05) is 6.61 Å². The molecule has 0 radical (unpaired) electrons. The van der Waals surface area contributed by atoms with Crippen LogP contribution in [-0.4, -0.2) is 18.8 Å². The minimum Gasteiger partial charge on any atom is -0.378 e. The molecule has 1 aliphatic carbocycles. The van der Waals surface area contributed by atoms with Gasteiger partial charge in [0.05, 0.1) is 6.10 Å². The number of rotatable bonds is 7. The monoisotopic (exact) mass is 307 g/mol. The van der Waals surface area contributed by atoms with Gasteiger partial charge in [0.15, 0.2) is 0 Å². The molecule has 2 aromatic rings.